The zero-order valence-electron chi connectivity index (χ0n) is 13.9. The molecule has 0 aromatic heterocycles. The van der Waals surface area contributed by atoms with Crippen LogP contribution in [0.5, 0.6) is 0 Å². The summed E-state index contributed by atoms with van der Waals surface area (Å²) >= 11 is 0. The summed E-state index contributed by atoms with van der Waals surface area (Å²) < 4.78 is 27.5. The summed E-state index contributed by atoms with van der Waals surface area (Å²) in [7, 11) is -1.37. The van der Waals surface area contributed by atoms with Crippen LogP contribution in [-0.4, -0.2) is 46.5 Å². The summed E-state index contributed by atoms with van der Waals surface area (Å²) in [6.45, 7) is 4.28. The largest absolute Gasteiger partial charge is 0.369 e. The van der Waals surface area contributed by atoms with E-state index in [9.17, 15) is 8.42 Å². The first-order chi connectivity index (χ1) is 11.5. The van der Waals surface area contributed by atoms with Crippen molar-refractivity contribution in [2.45, 2.75) is 11.4 Å². The third-order valence-corrected chi connectivity index (χ3v) is 5.74. The second-order valence-electron chi connectivity index (χ2n) is 6.09. The quantitative estimate of drug-likeness (QED) is 0.899. The Morgan fingerprint density at radius 3 is 2.17 bits per heavy atom. The minimum absolute atomic E-state index is 0.295. The molecule has 0 saturated carbocycles. The number of benzene rings is 2. The lowest BCUT2D eigenvalue weighted by Gasteiger charge is -2.34. The number of likely N-dealkylation sites (N-methyl/N-ethyl adjacent to an activating group) is 1. The molecule has 1 fully saturated rings. The van der Waals surface area contributed by atoms with Gasteiger partial charge in [0.15, 0.2) is 0 Å². The van der Waals surface area contributed by atoms with Crippen LogP contribution in [0.4, 0.5) is 5.69 Å². The first-order valence-electron chi connectivity index (χ1n) is 8.12. The van der Waals surface area contributed by atoms with Crippen molar-refractivity contribution < 1.29 is 8.42 Å². The Balaban J connectivity index is 1.65. The molecule has 0 unspecified atom stereocenters. The van der Waals surface area contributed by atoms with Gasteiger partial charge in [-0.05, 0) is 36.9 Å². The highest BCUT2D eigenvalue weighted by atomic mass is 32.2. The highest BCUT2D eigenvalue weighted by molar-refractivity contribution is 7.89. The van der Waals surface area contributed by atoms with Crippen LogP contribution in [0.2, 0.25) is 0 Å². The van der Waals surface area contributed by atoms with Gasteiger partial charge in [0.2, 0.25) is 10.0 Å². The molecule has 0 radical (unpaired) electrons. The normalized spacial score (nSPS) is 16.3. The molecule has 0 spiro atoms. The lowest BCUT2D eigenvalue weighted by Crippen LogP contribution is -2.44. The molecule has 1 N–H and O–H groups in total. The second kappa shape index (κ2) is 7.34. The smallest absolute Gasteiger partial charge is 0.240 e. The van der Waals surface area contributed by atoms with Crippen LogP contribution in [0.25, 0.3) is 0 Å². The Morgan fingerprint density at radius 1 is 0.917 bits per heavy atom. The average Bonchev–Trinajstić information content (AvgIpc) is 2.62. The van der Waals surface area contributed by atoms with Gasteiger partial charge in [-0.25, -0.2) is 13.1 Å². The van der Waals surface area contributed by atoms with Crippen molar-refractivity contribution in [1.82, 2.24) is 9.62 Å². The fraction of sp³-hybridized carbons (Fsp3) is 0.333. The van der Waals surface area contributed by atoms with Gasteiger partial charge in [0, 0.05) is 38.4 Å². The average molecular weight is 345 g/mol. The number of nitrogens with one attached hydrogen (secondary N) is 1. The van der Waals surface area contributed by atoms with Crippen LogP contribution in [0.1, 0.15) is 5.56 Å². The highest BCUT2D eigenvalue weighted by Gasteiger charge is 2.17. The van der Waals surface area contributed by atoms with E-state index in [1.165, 1.54) is 0 Å². The number of sulfonamides is 1. The van der Waals surface area contributed by atoms with E-state index in [2.05, 4.69) is 21.6 Å². The molecule has 0 amide bonds. The van der Waals surface area contributed by atoms with Crippen LogP contribution in [0.15, 0.2) is 59.5 Å². The molecule has 2 aromatic carbocycles. The molecule has 0 bridgehead atoms. The molecule has 128 valence electrons. The molecule has 3 rings (SSSR count). The van der Waals surface area contributed by atoms with E-state index < -0.39 is 10.0 Å². The Labute approximate surface area is 144 Å². The van der Waals surface area contributed by atoms with Crippen molar-refractivity contribution >= 4 is 15.7 Å². The maximum Gasteiger partial charge on any atom is 0.240 e. The van der Waals surface area contributed by atoms with E-state index >= 15 is 0 Å². The molecular formula is C18H23N3O2S. The van der Waals surface area contributed by atoms with E-state index in [1.807, 2.05) is 42.5 Å². The molecule has 1 aliphatic rings. The topological polar surface area (TPSA) is 52.7 Å². The molecule has 1 aliphatic heterocycles. The molecule has 24 heavy (non-hydrogen) atoms. The van der Waals surface area contributed by atoms with Gasteiger partial charge in [0.25, 0.3) is 0 Å². The maximum atomic E-state index is 12.4. The zero-order valence-corrected chi connectivity index (χ0v) is 14.7. The summed E-state index contributed by atoms with van der Waals surface area (Å²) in [5.74, 6) is 0. The van der Waals surface area contributed by atoms with E-state index in [-0.39, 0.29) is 0 Å². The monoisotopic (exact) mass is 345 g/mol. The van der Waals surface area contributed by atoms with Crippen LogP contribution >= 0.6 is 0 Å². The van der Waals surface area contributed by atoms with Crippen molar-refractivity contribution in [3.05, 3.63) is 60.2 Å². The molecule has 2 aromatic rings. The van der Waals surface area contributed by atoms with Crippen LogP contribution in [-0.2, 0) is 16.6 Å². The van der Waals surface area contributed by atoms with Gasteiger partial charge in [-0.15, -0.1) is 0 Å². The van der Waals surface area contributed by atoms with Gasteiger partial charge < -0.3 is 9.80 Å². The summed E-state index contributed by atoms with van der Waals surface area (Å²) in [6, 6.07) is 16.7. The highest BCUT2D eigenvalue weighted by Crippen LogP contribution is 2.19. The summed E-state index contributed by atoms with van der Waals surface area (Å²) in [4.78, 5) is 4.88. The van der Waals surface area contributed by atoms with Crippen LogP contribution in [0, 0.1) is 0 Å². The summed E-state index contributed by atoms with van der Waals surface area (Å²) in [6.07, 6.45) is 0. The molecule has 5 nitrogen and oxygen atoms in total. The molecular weight excluding hydrogens is 322 g/mol. The van der Waals surface area contributed by atoms with E-state index in [4.69, 9.17) is 0 Å². The summed E-state index contributed by atoms with van der Waals surface area (Å²) in [5.41, 5.74) is 2.01. The predicted octanol–water partition coefficient (Wildman–Crippen LogP) is 1.92. The third-order valence-electron chi connectivity index (χ3n) is 4.32. The fourth-order valence-electron chi connectivity index (χ4n) is 2.76. The van der Waals surface area contributed by atoms with Crippen molar-refractivity contribution in [1.29, 1.82) is 0 Å². The maximum absolute atomic E-state index is 12.4. The van der Waals surface area contributed by atoms with E-state index in [1.54, 1.807) is 12.1 Å². The molecule has 0 aliphatic carbocycles. The van der Waals surface area contributed by atoms with Gasteiger partial charge in [-0.3, -0.25) is 0 Å². The SMILES string of the molecule is CN1CCN(c2ccc(S(=O)(=O)NCc3ccccc3)cc2)CC1. The van der Waals surface area contributed by atoms with E-state index in [0.717, 1.165) is 37.4 Å². The number of piperazine rings is 1. The van der Waals surface area contributed by atoms with Gasteiger partial charge in [0.1, 0.15) is 0 Å². The van der Waals surface area contributed by atoms with Crippen LogP contribution in [0.3, 0.4) is 0 Å². The van der Waals surface area contributed by atoms with E-state index in [0.29, 0.717) is 11.4 Å². The predicted molar refractivity (Wildman–Crippen MR) is 96.6 cm³/mol. The van der Waals surface area contributed by atoms with Gasteiger partial charge in [0.05, 0.1) is 4.90 Å². The molecule has 1 saturated heterocycles. The molecule has 0 atom stereocenters. The molecule has 6 heteroatoms. The lowest BCUT2D eigenvalue weighted by atomic mass is 10.2. The summed E-state index contributed by atoms with van der Waals surface area (Å²) in [5, 5.41) is 0. The first kappa shape index (κ1) is 17.0. The fourth-order valence-corrected chi connectivity index (χ4v) is 3.78. The zero-order chi connectivity index (χ0) is 17.0. The van der Waals surface area contributed by atoms with Crippen molar-refractivity contribution in [3.63, 3.8) is 0 Å². The van der Waals surface area contributed by atoms with Gasteiger partial charge in [-0.1, -0.05) is 30.3 Å². The minimum Gasteiger partial charge on any atom is -0.369 e. The van der Waals surface area contributed by atoms with Crippen molar-refractivity contribution in [2.24, 2.45) is 0 Å². The Hall–Kier alpha value is -1.89. The second-order valence-corrected chi connectivity index (χ2v) is 7.86. The number of anilines is 1. The third kappa shape index (κ3) is 4.14. The number of rotatable bonds is 5. The van der Waals surface area contributed by atoms with Crippen LogP contribution < -0.4 is 9.62 Å². The van der Waals surface area contributed by atoms with Gasteiger partial charge >= 0.3 is 0 Å². The van der Waals surface area contributed by atoms with Crippen molar-refractivity contribution in [3.8, 4) is 0 Å². The lowest BCUT2D eigenvalue weighted by molar-refractivity contribution is 0.313. The minimum atomic E-state index is -3.49. The Bertz CT molecular complexity index is 753. The molecule has 1 heterocycles. The standard InChI is InChI=1S/C18H23N3O2S/c1-20-11-13-21(14-12-20)17-7-9-18(10-8-17)24(22,23)19-15-16-5-3-2-4-6-16/h2-10,19H,11-15H2,1H3. The van der Waals surface area contributed by atoms with Crippen molar-refractivity contribution in [2.75, 3.05) is 38.1 Å². The van der Waals surface area contributed by atoms with Gasteiger partial charge in [-0.2, -0.15) is 0 Å². The Morgan fingerprint density at radius 2 is 1.54 bits per heavy atom. The number of hydrogen-bond acceptors (Lipinski definition) is 4. The number of nitrogens with zero attached hydrogens (tertiary/aromatic N) is 2. The Kier molecular flexibility index (Phi) is 5.18. The first-order valence-corrected chi connectivity index (χ1v) is 9.60. The number of hydrogen-bond donors (Lipinski definition) is 1.